The van der Waals surface area contributed by atoms with Crippen LogP contribution in [-0.2, 0) is 0 Å². The highest BCUT2D eigenvalue weighted by atomic mass is 19.1. The van der Waals surface area contributed by atoms with Crippen LogP contribution in [0, 0.1) is 11.7 Å². The van der Waals surface area contributed by atoms with Crippen LogP contribution < -0.4 is 5.32 Å². The topological polar surface area (TPSA) is 12.0 Å². The highest BCUT2D eigenvalue weighted by molar-refractivity contribution is 5.19. The van der Waals surface area contributed by atoms with Crippen LogP contribution in [0.1, 0.15) is 44.7 Å². The largest absolute Gasteiger partial charge is 0.308 e. The number of hydrogen-bond donors (Lipinski definition) is 1. The fourth-order valence-electron chi connectivity index (χ4n) is 2.22. The Kier molecular flexibility index (Phi) is 3.59. The van der Waals surface area contributed by atoms with Crippen molar-refractivity contribution in [2.24, 2.45) is 5.92 Å². The lowest BCUT2D eigenvalue weighted by molar-refractivity contribution is 0.437. The van der Waals surface area contributed by atoms with E-state index in [1.54, 1.807) is 12.1 Å². The summed E-state index contributed by atoms with van der Waals surface area (Å²) in [6, 6.07) is 7.60. The third-order valence-electron chi connectivity index (χ3n) is 3.27. The molecule has 1 aliphatic carbocycles. The zero-order valence-electron chi connectivity index (χ0n) is 10.0. The molecule has 16 heavy (non-hydrogen) atoms. The normalized spacial score (nSPS) is 19.4. The molecule has 0 amide bonds. The van der Waals surface area contributed by atoms with Crippen LogP contribution in [0.15, 0.2) is 24.3 Å². The average Bonchev–Trinajstić information content (AvgIpc) is 3.01. The molecule has 0 spiro atoms. The Hall–Kier alpha value is -0.890. The zero-order valence-corrected chi connectivity index (χ0v) is 10.0. The summed E-state index contributed by atoms with van der Waals surface area (Å²) in [5, 5.41) is 3.53. The number of halogens is 1. The van der Waals surface area contributed by atoms with Gasteiger partial charge in [-0.1, -0.05) is 25.0 Å². The Bertz CT molecular complexity index is 346. The summed E-state index contributed by atoms with van der Waals surface area (Å²) < 4.78 is 13.1. The third kappa shape index (κ3) is 3.31. The summed E-state index contributed by atoms with van der Waals surface area (Å²) in [7, 11) is 0. The molecule has 2 heteroatoms. The standard InChI is InChI=1S/C14H20FN/c1-10(8-12-6-7-12)16-11(2)13-4-3-5-14(15)9-13/h3-5,9-12,16H,6-8H2,1-2H3/t10?,11-/m1/s1. The van der Waals surface area contributed by atoms with Gasteiger partial charge in [-0.05, 0) is 43.9 Å². The van der Waals surface area contributed by atoms with Gasteiger partial charge < -0.3 is 5.32 Å². The van der Waals surface area contributed by atoms with Gasteiger partial charge in [-0.2, -0.15) is 0 Å². The third-order valence-corrected chi connectivity index (χ3v) is 3.27. The van der Waals surface area contributed by atoms with E-state index in [0.29, 0.717) is 6.04 Å². The minimum absolute atomic E-state index is 0.152. The Morgan fingerprint density at radius 2 is 2.12 bits per heavy atom. The van der Waals surface area contributed by atoms with Gasteiger partial charge >= 0.3 is 0 Å². The summed E-state index contributed by atoms with van der Waals surface area (Å²) in [6.45, 7) is 4.31. The number of hydrogen-bond acceptors (Lipinski definition) is 1. The van der Waals surface area contributed by atoms with Gasteiger partial charge in [0.25, 0.3) is 0 Å². The Morgan fingerprint density at radius 1 is 1.38 bits per heavy atom. The molecular weight excluding hydrogens is 201 g/mol. The van der Waals surface area contributed by atoms with Gasteiger partial charge in [0.15, 0.2) is 0 Å². The average molecular weight is 221 g/mol. The Labute approximate surface area is 97.1 Å². The van der Waals surface area contributed by atoms with Crippen molar-refractivity contribution in [3.8, 4) is 0 Å². The molecule has 1 nitrogen and oxygen atoms in total. The van der Waals surface area contributed by atoms with Gasteiger partial charge in [0.1, 0.15) is 5.82 Å². The molecule has 1 aliphatic rings. The van der Waals surface area contributed by atoms with Gasteiger partial charge in [-0.15, -0.1) is 0 Å². The van der Waals surface area contributed by atoms with E-state index in [9.17, 15) is 4.39 Å². The van der Waals surface area contributed by atoms with Crippen LogP contribution in [-0.4, -0.2) is 6.04 Å². The molecule has 0 heterocycles. The number of benzene rings is 1. The molecule has 0 saturated heterocycles. The van der Waals surface area contributed by atoms with Gasteiger partial charge in [0.05, 0.1) is 0 Å². The molecule has 88 valence electrons. The molecule has 0 bridgehead atoms. The van der Waals surface area contributed by atoms with Gasteiger partial charge in [0, 0.05) is 12.1 Å². The van der Waals surface area contributed by atoms with Crippen molar-refractivity contribution >= 4 is 0 Å². The van der Waals surface area contributed by atoms with E-state index < -0.39 is 0 Å². The van der Waals surface area contributed by atoms with Crippen LogP contribution in [0.2, 0.25) is 0 Å². The van der Waals surface area contributed by atoms with Crippen molar-refractivity contribution < 1.29 is 4.39 Å². The molecule has 0 radical (unpaired) electrons. The molecule has 1 N–H and O–H groups in total. The van der Waals surface area contributed by atoms with Gasteiger partial charge in [0.2, 0.25) is 0 Å². The van der Waals surface area contributed by atoms with Crippen LogP contribution in [0.5, 0.6) is 0 Å². The van der Waals surface area contributed by atoms with Crippen LogP contribution >= 0.6 is 0 Å². The summed E-state index contributed by atoms with van der Waals surface area (Å²) in [5.41, 5.74) is 1.03. The highest BCUT2D eigenvalue weighted by Gasteiger charge is 2.24. The van der Waals surface area contributed by atoms with E-state index in [-0.39, 0.29) is 11.9 Å². The van der Waals surface area contributed by atoms with E-state index in [4.69, 9.17) is 0 Å². The SMILES string of the molecule is CC(CC1CC1)N[C@H](C)c1cccc(F)c1. The molecule has 0 aromatic heterocycles. The van der Waals surface area contributed by atoms with Crippen molar-refractivity contribution in [1.82, 2.24) is 5.32 Å². The summed E-state index contributed by atoms with van der Waals surface area (Å²) in [4.78, 5) is 0. The number of nitrogens with one attached hydrogen (secondary N) is 1. The molecule has 1 saturated carbocycles. The highest BCUT2D eigenvalue weighted by Crippen LogP contribution is 2.33. The summed E-state index contributed by atoms with van der Waals surface area (Å²) in [6.07, 6.45) is 4.03. The molecule has 2 atom stereocenters. The summed E-state index contributed by atoms with van der Waals surface area (Å²) in [5.74, 6) is 0.781. The van der Waals surface area contributed by atoms with Gasteiger partial charge in [-0.3, -0.25) is 0 Å². The lowest BCUT2D eigenvalue weighted by atomic mass is 10.1. The van der Waals surface area contributed by atoms with Crippen molar-refractivity contribution in [2.75, 3.05) is 0 Å². The Balaban J connectivity index is 1.88. The van der Waals surface area contributed by atoms with Crippen LogP contribution in [0.25, 0.3) is 0 Å². The Morgan fingerprint density at radius 3 is 2.75 bits per heavy atom. The molecule has 1 fully saturated rings. The molecule has 1 unspecified atom stereocenters. The first kappa shape index (κ1) is 11.6. The van der Waals surface area contributed by atoms with Crippen LogP contribution in [0.3, 0.4) is 0 Å². The lowest BCUT2D eigenvalue weighted by Gasteiger charge is -2.20. The quantitative estimate of drug-likeness (QED) is 0.800. The van der Waals surface area contributed by atoms with Crippen molar-refractivity contribution in [3.63, 3.8) is 0 Å². The predicted molar refractivity (Wildman–Crippen MR) is 64.8 cm³/mol. The first-order chi connectivity index (χ1) is 7.65. The maximum absolute atomic E-state index is 13.1. The van der Waals surface area contributed by atoms with Crippen molar-refractivity contribution in [1.29, 1.82) is 0 Å². The molecule has 1 aromatic carbocycles. The minimum Gasteiger partial charge on any atom is -0.308 e. The predicted octanol–water partition coefficient (Wildman–Crippen LogP) is 3.66. The smallest absolute Gasteiger partial charge is 0.123 e. The van der Waals surface area contributed by atoms with E-state index in [1.165, 1.54) is 25.3 Å². The first-order valence-corrected chi connectivity index (χ1v) is 6.16. The zero-order chi connectivity index (χ0) is 11.5. The van der Waals surface area contributed by atoms with E-state index >= 15 is 0 Å². The second-order valence-corrected chi connectivity index (χ2v) is 5.02. The maximum atomic E-state index is 13.1. The molecule has 1 aromatic rings. The second-order valence-electron chi connectivity index (χ2n) is 5.02. The van der Waals surface area contributed by atoms with Crippen molar-refractivity contribution in [2.45, 2.75) is 45.2 Å². The molecule has 0 aliphatic heterocycles. The number of rotatable bonds is 5. The van der Waals surface area contributed by atoms with Gasteiger partial charge in [-0.25, -0.2) is 4.39 Å². The first-order valence-electron chi connectivity index (χ1n) is 6.16. The van der Waals surface area contributed by atoms with E-state index in [0.717, 1.165) is 11.5 Å². The fourth-order valence-corrected chi connectivity index (χ4v) is 2.22. The van der Waals surface area contributed by atoms with Crippen molar-refractivity contribution in [3.05, 3.63) is 35.6 Å². The monoisotopic (exact) mass is 221 g/mol. The lowest BCUT2D eigenvalue weighted by Crippen LogP contribution is -2.29. The maximum Gasteiger partial charge on any atom is 0.123 e. The van der Waals surface area contributed by atoms with E-state index in [1.807, 2.05) is 6.07 Å². The van der Waals surface area contributed by atoms with E-state index in [2.05, 4.69) is 19.2 Å². The van der Waals surface area contributed by atoms with Crippen LogP contribution in [0.4, 0.5) is 4.39 Å². The fraction of sp³-hybridized carbons (Fsp3) is 0.571. The minimum atomic E-state index is -0.152. The second kappa shape index (κ2) is 4.96. The molecule has 2 rings (SSSR count). The molecular formula is C14H20FN. The summed E-state index contributed by atoms with van der Waals surface area (Å²) >= 11 is 0.